The number of phenols is 1. The topological polar surface area (TPSA) is 81.1 Å². The van der Waals surface area contributed by atoms with Gasteiger partial charge in [0, 0.05) is 44.0 Å². The van der Waals surface area contributed by atoms with E-state index in [0.717, 1.165) is 48.9 Å². The quantitative estimate of drug-likeness (QED) is 0.792. The van der Waals surface area contributed by atoms with Crippen LogP contribution in [0.5, 0.6) is 5.75 Å². The molecule has 9 heteroatoms. The van der Waals surface area contributed by atoms with Crippen molar-refractivity contribution in [1.82, 2.24) is 9.80 Å². The van der Waals surface area contributed by atoms with Gasteiger partial charge in [0.1, 0.15) is 5.75 Å². The number of hydrogen-bond acceptors (Lipinski definition) is 4. The van der Waals surface area contributed by atoms with Crippen LogP contribution < -0.4 is 0 Å². The molecule has 0 aliphatic carbocycles. The molecule has 2 aliphatic heterocycles. The van der Waals surface area contributed by atoms with Crippen molar-refractivity contribution in [1.29, 1.82) is 0 Å². The molecule has 0 spiro atoms. The number of carboxylic acid groups (broad SMARTS) is 1. The normalized spacial score (nSPS) is 20.6. The zero-order valence-corrected chi connectivity index (χ0v) is 16.2. The van der Waals surface area contributed by atoms with Gasteiger partial charge in [0.15, 0.2) is 0 Å². The second kappa shape index (κ2) is 8.91. The van der Waals surface area contributed by atoms with Gasteiger partial charge in [0.2, 0.25) is 5.91 Å². The highest BCUT2D eigenvalue weighted by Gasteiger charge is 2.38. The number of aromatic hydroxyl groups is 1. The zero-order valence-electron chi connectivity index (χ0n) is 16.2. The second-order valence-electron chi connectivity index (χ2n) is 7.43. The monoisotopic (exact) mass is 424 g/mol. The Balaban J connectivity index is 0.000000318. The molecular weight excluding hydrogens is 401 g/mol. The Morgan fingerprint density at radius 3 is 2.47 bits per heavy atom. The number of amides is 1. The van der Waals surface area contributed by atoms with Crippen LogP contribution in [-0.2, 0) is 16.0 Å². The summed E-state index contributed by atoms with van der Waals surface area (Å²) in [6.07, 6.45) is -2.90. The van der Waals surface area contributed by atoms with Gasteiger partial charge in [-0.2, -0.15) is 13.2 Å². The number of aliphatic carboxylic acids is 1. The summed E-state index contributed by atoms with van der Waals surface area (Å²) in [6.45, 7) is 4.02. The minimum atomic E-state index is -5.08. The van der Waals surface area contributed by atoms with E-state index in [1.165, 1.54) is 0 Å². The number of benzene rings is 2. The van der Waals surface area contributed by atoms with Gasteiger partial charge in [-0.1, -0.05) is 36.4 Å². The molecule has 2 unspecified atom stereocenters. The van der Waals surface area contributed by atoms with Crippen LogP contribution in [0.25, 0.3) is 10.8 Å². The van der Waals surface area contributed by atoms with Crippen LogP contribution >= 0.6 is 0 Å². The van der Waals surface area contributed by atoms with Gasteiger partial charge >= 0.3 is 12.1 Å². The van der Waals surface area contributed by atoms with Crippen LogP contribution in [0.4, 0.5) is 13.2 Å². The maximum Gasteiger partial charge on any atom is 0.490 e. The lowest BCUT2D eigenvalue weighted by Crippen LogP contribution is -2.49. The van der Waals surface area contributed by atoms with E-state index in [1.54, 1.807) is 0 Å². The summed E-state index contributed by atoms with van der Waals surface area (Å²) in [5, 5.41) is 19.5. The van der Waals surface area contributed by atoms with Crippen LogP contribution in [0.15, 0.2) is 36.4 Å². The summed E-state index contributed by atoms with van der Waals surface area (Å²) < 4.78 is 31.7. The lowest BCUT2D eigenvalue weighted by Gasteiger charge is -2.34. The van der Waals surface area contributed by atoms with Crippen LogP contribution in [0.1, 0.15) is 18.4 Å². The molecule has 2 saturated heterocycles. The SMILES string of the molecule is O=C(CCc1ccc2ccccc2c1O)N1CCN2CCC1C2.O=C(O)C(F)(F)F. The van der Waals surface area contributed by atoms with Crippen molar-refractivity contribution in [3.8, 4) is 5.75 Å². The van der Waals surface area contributed by atoms with Crippen molar-refractivity contribution in [2.45, 2.75) is 31.5 Å². The van der Waals surface area contributed by atoms with Gasteiger partial charge in [-0.3, -0.25) is 9.69 Å². The molecule has 2 heterocycles. The number of phenolic OH excluding ortho intramolecular Hbond substituents is 1. The summed E-state index contributed by atoms with van der Waals surface area (Å²) in [5.41, 5.74) is 0.863. The summed E-state index contributed by atoms with van der Waals surface area (Å²) in [5.74, 6) is -2.21. The number of carbonyl (C=O) groups excluding carboxylic acids is 1. The fourth-order valence-corrected chi connectivity index (χ4v) is 3.92. The molecule has 4 rings (SSSR count). The third kappa shape index (κ3) is 5.02. The molecule has 2 atom stereocenters. The maximum atomic E-state index is 12.6. The molecular formula is C21H23F3N2O4. The van der Waals surface area contributed by atoms with Gasteiger partial charge < -0.3 is 15.1 Å². The molecule has 2 aliphatic rings. The number of hydrogen-bond donors (Lipinski definition) is 2. The second-order valence-corrected chi connectivity index (χ2v) is 7.43. The number of carboxylic acids is 1. The highest BCUT2D eigenvalue weighted by molar-refractivity contribution is 5.89. The Bertz CT molecular complexity index is 932. The number of alkyl halides is 3. The molecule has 6 nitrogen and oxygen atoms in total. The average Bonchev–Trinajstić information content (AvgIpc) is 3.08. The van der Waals surface area contributed by atoms with Crippen LogP contribution in [0, 0.1) is 0 Å². The van der Waals surface area contributed by atoms with E-state index in [4.69, 9.17) is 9.90 Å². The highest BCUT2D eigenvalue weighted by Crippen LogP contribution is 2.30. The number of fused-ring (bicyclic) bond motifs is 3. The number of halogens is 3. The van der Waals surface area contributed by atoms with Gasteiger partial charge in [0.05, 0.1) is 0 Å². The Hall–Kier alpha value is -2.81. The smallest absolute Gasteiger partial charge is 0.490 e. The number of rotatable bonds is 3. The fraction of sp³-hybridized carbons (Fsp3) is 0.429. The highest BCUT2D eigenvalue weighted by atomic mass is 19.4. The molecule has 2 fully saturated rings. The first-order valence-corrected chi connectivity index (χ1v) is 9.68. The van der Waals surface area contributed by atoms with Gasteiger partial charge in [-0.15, -0.1) is 0 Å². The molecule has 0 saturated carbocycles. The third-order valence-electron chi connectivity index (χ3n) is 5.50. The number of nitrogens with zero attached hydrogens (tertiary/aromatic N) is 2. The van der Waals surface area contributed by atoms with Crippen molar-refractivity contribution in [3.05, 3.63) is 42.0 Å². The van der Waals surface area contributed by atoms with Crippen LogP contribution in [0.2, 0.25) is 0 Å². The minimum Gasteiger partial charge on any atom is -0.507 e. The summed E-state index contributed by atoms with van der Waals surface area (Å²) in [7, 11) is 0. The molecule has 0 radical (unpaired) electrons. The van der Waals surface area contributed by atoms with Crippen molar-refractivity contribution < 1.29 is 33.0 Å². The van der Waals surface area contributed by atoms with E-state index in [1.807, 2.05) is 36.4 Å². The summed E-state index contributed by atoms with van der Waals surface area (Å²) in [4.78, 5) is 25.9. The minimum absolute atomic E-state index is 0.226. The Kier molecular flexibility index (Phi) is 6.50. The maximum absolute atomic E-state index is 12.6. The van der Waals surface area contributed by atoms with E-state index in [2.05, 4.69) is 9.80 Å². The molecule has 1 amide bonds. The molecule has 162 valence electrons. The van der Waals surface area contributed by atoms with Crippen LogP contribution in [-0.4, -0.2) is 70.3 Å². The standard InChI is InChI=1S/C19H22N2O2.C2HF3O2/c22-18(21-12-11-20-10-9-16(21)13-20)8-7-15-6-5-14-3-1-2-4-17(14)19(15)23;3-2(4,5)1(6)7/h1-6,16,23H,7-13H2;(H,6,7). The number of carbonyl (C=O) groups is 2. The largest absolute Gasteiger partial charge is 0.507 e. The van der Waals surface area contributed by atoms with Gasteiger partial charge in [-0.05, 0) is 23.8 Å². The molecule has 2 bridgehead atoms. The van der Waals surface area contributed by atoms with Gasteiger partial charge in [-0.25, -0.2) is 4.79 Å². The van der Waals surface area contributed by atoms with E-state index in [-0.39, 0.29) is 5.91 Å². The first-order chi connectivity index (χ1) is 14.2. The van der Waals surface area contributed by atoms with Crippen molar-refractivity contribution in [2.75, 3.05) is 26.2 Å². The van der Waals surface area contributed by atoms with E-state index >= 15 is 0 Å². The summed E-state index contributed by atoms with van der Waals surface area (Å²) >= 11 is 0. The Labute approximate surface area is 171 Å². The Morgan fingerprint density at radius 2 is 1.77 bits per heavy atom. The molecule has 2 aromatic carbocycles. The fourth-order valence-electron chi connectivity index (χ4n) is 3.92. The van der Waals surface area contributed by atoms with E-state index < -0.39 is 12.1 Å². The molecule has 0 aromatic heterocycles. The lowest BCUT2D eigenvalue weighted by molar-refractivity contribution is -0.192. The molecule has 2 aromatic rings. The lowest BCUT2D eigenvalue weighted by atomic mass is 10.0. The average molecular weight is 424 g/mol. The van der Waals surface area contributed by atoms with E-state index in [9.17, 15) is 23.1 Å². The predicted octanol–water partition coefficient (Wildman–Crippen LogP) is 3.03. The number of piperazine rings is 1. The summed E-state index contributed by atoms with van der Waals surface area (Å²) in [6, 6.07) is 12.2. The van der Waals surface area contributed by atoms with Gasteiger partial charge in [0.25, 0.3) is 0 Å². The molecule has 30 heavy (non-hydrogen) atoms. The zero-order chi connectivity index (χ0) is 21.9. The predicted molar refractivity (Wildman–Crippen MR) is 104 cm³/mol. The third-order valence-corrected chi connectivity index (χ3v) is 5.50. The van der Waals surface area contributed by atoms with Crippen molar-refractivity contribution in [3.63, 3.8) is 0 Å². The number of aryl methyl sites for hydroxylation is 1. The van der Waals surface area contributed by atoms with Crippen molar-refractivity contribution >= 4 is 22.6 Å². The van der Waals surface area contributed by atoms with E-state index in [0.29, 0.717) is 24.6 Å². The molecule has 2 N–H and O–H groups in total. The van der Waals surface area contributed by atoms with Crippen LogP contribution in [0.3, 0.4) is 0 Å². The first-order valence-electron chi connectivity index (χ1n) is 9.68. The first kappa shape index (κ1) is 21.9. The Morgan fingerprint density at radius 1 is 1.07 bits per heavy atom. The van der Waals surface area contributed by atoms with Crippen molar-refractivity contribution in [2.24, 2.45) is 0 Å².